The molecule has 10 heteroatoms. The van der Waals surface area contributed by atoms with Gasteiger partial charge >= 0.3 is 0 Å². The van der Waals surface area contributed by atoms with Gasteiger partial charge < -0.3 is 36.8 Å². The Bertz CT molecular complexity index is 742. The van der Waals surface area contributed by atoms with E-state index in [4.69, 9.17) is 0 Å². The second kappa shape index (κ2) is 37.0. The normalized spacial score (nSPS) is 12.6. The first kappa shape index (κ1) is 48.2. The standard InChI is InChI=1S/C40H83N7O3/c1-6-8-10-12-14-16-18-20-22-36(3)45-39(49)25-33-47(35-32-44-31-30-43-29-28-42-27-24-38(48)41-5)34-26-40(50)46-37(4)23-21-19-17-15-13-11-9-7-2/h36-37,42-44H,6-35H2,1-5H3,(H,41,48)(H,45,49)(H,46,50). The summed E-state index contributed by atoms with van der Waals surface area (Å²) < 4.78 is 0. The number of carbonyl (C=O) groups is 3. The number of rotatable bonds is 38. The fourth-order valence-electron chi connectivity index (χ4n) is 6.15. The molecular weight excluding hydrogens is 626 g/mol. The molecule has 0 aromatic heterocycles. The van der Waals surface area contributed by atoms with Crippen molar-refractivity contribution in [1.82, 2.24) is 36.8 Å². The van der Waals surface area contributed by atoms with E-state index in [0.717, 1.165) is 52.1 Å². The van der Waals surface area contributed by atoms with Gasteiger partial charge in [0.05, 0.1) is 0 Å². The maximum Gasteiger partial charge on any atom is 0.221 e. The van der Waals surface area contributed by atoms with Crippen LogP contribution >= 0.6 is 0 Å². The summed E-state index contributed by atoms with van der Waals surface area (Å²) in [6.07, 6.45) is 24.3. The Kier molecular flexibility index (Phi) is 35.7. The first-order valence-electron chi connectivity index (χ1n) is 21.0. The maximum absolute atomic E-state index is 12.8. The van der Waals surface area contributed by atoms with Gasteiger partial charge in [-0.3, -0.25) is 14.4 Å². The Labute approximate surface area is 309 Å². The Balaban J connectivity index is 4.44. The molecular formula is C40H83N7O3. The van der Waals surface area contributed by atoms with E-state index in [1.165, 1.54) is 103 Å². The van der Waals surface area contributed by atoms with Crippen molar-refractivity contribution in [3.63, 3.8) is 0 Å². The van der Waals surface area contributed by atoms with Gasteiger partial charge in [-0.15, -0.1) is 0 Å². The summed E-state index contributed by atoms with van der Waals surface area (Å²) in [5, 5.41) is 19.2. The molecule has 0 aromatic rings. The number of carbonyl (C=O) groups excluding carboxylic acids is 3. The van der Waals surface area contributed by atoms with Crippen LogP contribution < -0.4 is 31.9 Å². The SMILES string of the molecule is CCCCCCCCCCC(C)NC(=O)CCN(CCNCCNCCNCCC(=O)NC)CCC(=O)NC(C)CCCCCCCCCC. The molecule has 6 N–H and O–H groups in total. The molecule has 0 aliphatic carbocycles. The average Bonchev–Trinajstić information content (AvgIpc) is 3.10. The third kappa shape index (κ3) is 34.7. The first-order valence-corrected chi connectivity index (χ1v) is 21.0. The lowest BCUT2D eigenvalue weighted by atomic mass is 10.1. The van der Waals surface area contributed by atoms with Gasteiger partial charge in [-0.05, 0) is 26.7 Å². The minimum Gasteiger partial charge on any atom is -0.359 e. The smallest absolute Gasteiger partial charge is 0.221 e. The van der Waals surface area contributed by atoms with Crippen LogP contribution in [-0.2, 0) is 14.4 Å². The lowest BCUT2D eigenvalue weighted by molar-refractivity contribution is -0.122. The van der Waals surface area contributed by atoms with E-state index in [-0.39, 0.29) is 29.8 Å². The third-order valence-electron chi connectivity index (χ3n) is 9.48. The molecule has 0 bridgehead atoms. The first-order chi connectivity index (χ1) is 24.3. The van der Waals surface area contributed by atoms with Gasteiger partial charge in [0.2, 0.25) is 17.7 Å². The van der Waals surface area contributed by atoms with Crippen LogP contribution in [0, 0.1) is 0 Å². The van der Waals surface area contributed by atoms with Gasteiger partial charge in [-0.2, -0.15) is 0 Å². The van der Waals surface area contributed by atoms with Gasteiger partial charge in [-0.1, -0.05) is 117 Å². The summed E-state index contributed by atoms with van der Waals surface area (Å²) in [4.78, 5) is 39.2. The van der Waals surface area contributed by atoms with Crippen LogP contribution in [0.15, 0.2) is 0 Å². The molecule has 3 amide bonds. The van der Waals surface area contributed by atoms with Crippen molar-refractivity contribution in [2.24, 2.45) is 0 Å². The summed E-state index contributed by atoms with van der Waals surface area (Å²) in [6, 6.07) is 0.397. The Morgan fingerprint density at radius 3 is 1.26 bits per heavy atom. The number of hydrogen-bond acceptors (Lipinski definition) is 7. The predicted molar refractivity (Wildman–Crippen MR) is 213 cm³/mol. The molecule has 0 aliphatic heterocycles. The van der Waals surface area contributed by atoms with E-state index in [1.807, 2.05) is 0 Å². The van der Waals surface area contributed by atoms with Gasteiger partial charge in [0.25, 0.3) is 0 Å². The van der Waals surface area contributed by atoms with E-state index in [9.17, 15) is 14.4 Å². The van der Waals surface area contributed by atoms with Crippen LogP contribution in [0.5, 0.6) is 0 Å². The molecule has 2 unspecified atom stereocenters. The number of nitrogens with one attached hydrogen (secondary N) is 6. The van der Waals surface area contributed by atoms with Crippen molar-refractivity contribution >= 4 is 17.7 Å². The maximum atomic E-state index is 12.8. The van der Waals surface area contributed by atoms with Crippen LogP contribution in [0.2, 0.25) is 0 Å². The highest BCUT2D eigenvalue weighted by atomic mass is 16.2. The summed E-state index contributed by atoms with van der Waals surface area (Å²) >= 11 is 0. The molecule has 0 fully saturated rings. The zero-order valence-corrected chi connectivity index (χ0v) is 33.5. The quantitative estimate of drug-likeness (QED) is 0.0432. The predicted octanol–water partition coefficient (Wildman–Crippen LogP) is 6.04. The topological polar surface area (TPSA) is 127 Å². The molecule has 0 saturated heterocycles. The third-order valence-corrected chi connectivity index (χ3v) is 9.48. The van der Waals surface area contributed by atoms with Crippen molar-refractivity contribution in [3.8, 4) is 0 Å². The zero-order valence-electron chi connectivity index (χ0n) is 33.5. The fourth-order valence-corrected chi connectivity index (χ4v) is 6.15. The number of nitrogens with zero attached hydrogens (tertiary/aromatic N) is 1. The molecule has 0 saturated carbocycles. The molecule has 0 radical (unpaired) electrons. The van der Waals surface area contributed by atoms with Gasteiger partial charge in [0.1, 0.15) is 0 Å². The van der Waals surface area contributed by atoms with Crippen molar-refractivity contribution in [3.05, 3.63) is 0 Å². The summed E-state index contributed by atoms with van der Waals surface area (Å²) in [7, 11) is 1.66. The van der Waals surface area contributed by atoms with E-state index in [1.54, 1.807) is 7.05 Å². The second-order valence-corrected chi connectivity index (χ2v) is 14.5. The molecule has 0 rings (SSSR count). The van der Waals surface area contributed by atoms with Crippen LogP contribution in [0.3, 0.4) is 0 Å². The molecule has 0 heterocycles. The van der Waals surface area contributed by atoms with Crippen LogP contribution in [0.1, 0.15) is 163 Å². The minimum absolute atomic E-state index is 0.0530. The van der Waals surface area contributed by atoms with E-state index >= 15 is 0 Å². The molecule has 296 valence electrons. The lowest BCUT2D eigenvalue weighted by Crippen LogP contribution is -2.41. The van der Waals surface area contributed by atoms with E-state index in [0.29, 0.717) is 38.9 Å². The van der Waals surface area contributed by atoms with Crippen molar-refractivity contribution in [2.45, 2.75) is 175 Å². The largest absolute Gasteiger partial charge is 0.359 e. The minimum atomic E-state index is 0.0530. The van der Waals surface area contributed by atoms with Gasteiger partial charge in [0.15, 0.2) is 0 Å². The monoisotopic (exact) mass is 710 g/mol. The number of unbranched alkanes of at least 4 members (excludes halogenated alkanes) is 14. The van der Waals surface area contributed by atoms with Gasteiger partial charge in [-0.25, -0.2) is 0 Å². The molecule has 2 atom stereocenters. The summed E-state index contributed by atoms with van der Waals surface area (Å²) in [5.41, 5.74) is 0. The van der Waals surface area contributed by atoms with Crippen molar-refractivity contribution in [1.29, 1.82) is 0 Å². The van der Waals surface area contributed by atoms with E-state index < -0.39 is 0 Å². The lowest BCUT2D eigenvalue weighted by Gasteiger charge is -2.23. The van der Waals surface area contributed by atoms with E-state index in [2.05, 4.69) is 64.5 Å². The fraction of sp³-hybridized carbons (Fsp3) is 0.925. The average molecular weight is 710 g/mol. The van der Waals surface area contributed by atoms with Crippen LogP contribution in [-0.4, -0.2) is 101 Å². The number of amides is 3. The Morgan fingerprint density at radius 1 is 0.460 bits per heavy atom. The molecule has 50 heavy (non-hydrogen) atoms. The Hall–Kier alpha value is -1.75. The summed E-state index contributed by atoms with van der Waals surface area (Å²) in [5.74, 6) is 0.260. The highest BCUT2D eigenvalue weighted by Crippen LogP contribution is 2.12. The second-order valence-electron chi connectivity index (χ2n) is 14.5. The molecule has 0 aliphatic rings. The van der Waals surface area contributed by atoms with Crippen molar-refractivity contribution < 1.29 is 14.4 Å². The molecule has 0 spiro atoms. The number of hydrogen-bond donors (Lipinski definition) is 6. The van der Waals surface area contributed by atoms with Gasteiger partial charge in [0, 0.05) is 97.3 Å². The van der Waals surface area contributed by atoms with Crippen molar-refractivity contribution in [2.75, 3.05) is 66.0 Å². The summed E-state index contributed by atoms with van der Waals surface area (Å²) in [6.45, 7) is 15.7. The van der Waals surface area contributed by atoms with Crippen LogP contribution in [0.25, 0.3) is 0 Å². The van der Waals surface area contributed by atoms with Crippen LogP contribution in [0.4, 0.5) is 0 Å². The molecule has 0 aromatic carbocycles. The zero-order chi connectivity index (χ0) is 36.9. The highest BCUT2D eigenvalue weighted by molar-refractivity contribution is 5.77. The Morgan fingerprint density at radius 2 is 0.840 bits per heavy atom. The molecule has 10 nitrogen and oxygen atoms in total. The highest BCUT2D eigenvalue weighted by Gasteiger charge is 2.14.